The van der Waals surface area contributed by atoms with Crippen LogP contribution in [0.25, 0.3) is 11.1 Å². The molecular weight excluding hydrogens is 230 g/mol. The van der Waals surface area contributed by atoms with E-state index in [1.807, 2.05) is 24.3 Å². The molecule has 2 N–H and O–H groups in total. The molecule has 0 saturated heterocycles. The Kier molecular flexibility index (Phi) is 2.16. The molecule has 0 saturated carbocycles. The summed E-state index contributed by atoms with van der Waals surface area (Å²) in [6, 6.07) is 12.4. The van der Waals surface area contributed by atoms with E-state index < -0.39 is 5.97 Å². The lowest BCUT2D eigenvalue weighted by Crippen LogP contribution is -2.01. The third-order valence-electron chi connectivity index (χ3n) is 3.09. The highest BCUT2D eigenvalue weighted by Gasteiger charge is 2.25. The van der Waals surface area contributed by atoms with Crippen LogP contribution >= 0.6 is 0 Å². The SMILES string of the molecule is O=C(O)c1ccc2c(c1)C(=NO)c1ccccc1-2. The predicted octanol–water partition coefficient (Wildman–Crippen LogP) is 2.59. The quantitative estimate of drug-likeness (QED) is 0.506. The van der Waals surface area contributed by atoms with Gasteiger partial charge in [0.25, 0.3) is 0 Å². The van der Waals surface area contributed by atoms with Crippen molar-refractivity contribution in [1.29, 1.82) is 0 Å². The number of nitrogens with zero attached hydrogens (tertiary/aromatic N) is 1. The summed E-state index contributed by atoms with van der Waals surface area (Å²) in [5.41, 5.74) is 3.92. The van der Waals surface area contributed by atoms with Crippen molar-refractivity contribution >= 4 is 11.7 Å². The van der Waals surface area contributed by atoms with Crippen molar-refractivity contribution in [2.75, 3.05) is 0 Å². The fourth-order valence-electron chi connectivity index (χ4n) is 2.29. The van der Waals surface area contributed by atoms with E-state index in [4.69, 9.17) is 10.3 Å². The molecule has 1 aliphatic carbocycles. The number of carboxylic acid groups (broad SMARTS) is 1. The molecule has 88 valence electrons. The van der Waals surface area contributed by atoms with Crippen LogP contribution in [0.3, 0.4) is 0 Å². The zero-order chi connectivity index (χ0) is 12.7. The first-order valence-corrected chi connectivity index (χ1v) is 5.42. The maximum atomic E-state index is 11.0. The van der Waals surface area contributed by atoms with Gasteiger partial charge in [0, 0.05) is 11.1 Å². The van der Waals surface area contributed by atoms with Crippen molar-refractivity contribution < 1.29 is 15.1 Å². The Morgan fingerprint density at radius 2 is 1.61 bits per heavy atom. The summed E-state index contributed by atoms with van der Waals surface area (Å²) in [6.07, 6.45) is 0. The minimum absolute atomic E-state index is 0.183. The first-order chi connectivity index (χ1) is 8.72. The third-order valence-corrected chi connectivity index (χ3v) is 3.09. The Labute approximate surface area is 103 Å². The second-order valence-corrected chi connectivity index (χ2v) is 4.06. The van der Waals surface area contributed by atoms with Crippen LogP contribution in [0.4, 0.5) is 0 Å². The summed E-state index contributed by atoms with van der Waals surface area (Å²) in [6.45, 7) is 0. The highest BCUT2D eigenvalue weighted by molar-refractivity contribution is 6.24. The van der Waals surface area contributed by atoms with Crippen molar-refractivity contribution in [3.05, 3.63) is 59.2 Å². The molecule has 2 aromatic rings. The smallest absolute Gasteiger partial charge is 0.335 e. The van der Waals surface area contributed by atoms with Crippen molar-refractivity contribution in [2.24, 2.45) is 5.16 Å². The highest BCUT2D eigenvalue weighted by Crippen LogP contribution is 2.37. The van der Waals surface area contributed by atoms with Gasteiger partial charge in [-0.15, -0.1) is 0 Å². The van der Waals surface area contributed by atoms with Crippen LogP contribution in [0.5, 0.6) is 0 Å². The van der Waals surface area contributed by atoms with Crippen molar-refractivity contribution in [3.8, 4) is 11.1 Å². The molecule has 0 radical (unpaired) electrons. The number of oxime groups is 1. The van der Waals surface area contributed by atoms with Crippen molar-refractivity contribution in [1.82, 2.24) is 0 Å². The zero-order valence-electron chi connectivity index (χ0n) is 9.29. The van der Waals surface area contributed by atoms with Gasteiger partial charge in [-0.2, -0.15) is 0 Å². The van der Waals surface area contributed by atoms with E-state index in [1.54, 1.807) is 12.1 Å². The summed E-state index contributed by atoms with van der Waals surface area (Å²) in [7, 11) is 0. The minimum Gasteiger partial charge on any atom is -0.478 e. The number of carbonyl (C=O) groups is 1. The van der Waals surface area contributed by atoms with E-state index in [0.717, 1.165) is 16.7 Å². The fourth-order valence-corrected chi connectivity index (χ4v) is 2.29. The van der Waals surface area contributed by atoms with Gasteiger partial charge in [-0.05, 0) is 23.3 Å². The molecule has 0 unspecified atom stereocenters. The molecule has 4 nitrogen and oxygen atoms in total. The summed E-state index contributed by atoms with van der Waals surface area (Å²) in [5.74, 6) is -0.994. The average molecular weight is 239 g/mol. The summed E-state index contributed by atoms with van der Waals surface area (Å²) in [5, 5.41) is 21.4. The minimum atomic E-state index is -0.994. The van der Waals surface area contributed by atoms with Gasteiger partial charge in [0.2, 0.25) is 0 Å². The lowest BCUT2D eigenvalue weighted by Gasteiger charge is -2.01. The van der Waals surface area contributed by atoms with Crippen molar-refractivity contribution in [3.63, 3.8) is 0 Å². The zero-order valence-corrected chi connectivity index (χ0v) is 9.29. The van der Waals surface area contributed by atoms with Crippen LogP contribution < -0.4 is 0 Å². The molecule has 0 spiro atoms. The van der Waals surface area contributed by atoms with Gasteiger partial charge in [0.1, 0.15) is 5.71 Å². The maximum Gasteiger partial charge on any atom is 0.335 e. The van der Waals surface area contributed by atoms with E-state index in [-0.39, 0.29) is 5.56 Å². The summed E-state index contributed by atoms with van der Waals surface area (Å²) < 4.78 is 0. The lowest BCUT2D eigenvalue weighted by atomic mass is 10.0. The molecule has 4 heteroatoms. The molecule has 0 amide bonds. The van der Waals surface area contributed by atoms with E-state index in [2.05, 4.69) is 5.16 Å². The van der Waals surface area contributed by atoms with Gasteiger partial charge in [-0.3, -0.25) is 0 Å². The van der Waals surface area contributed by atoms with E-state index in [1.165, 1.54) is 6.07 Å². The standard InChI is InChI=1S/C14H9NO3/c16-14(17)8-5-6-10-9-3-1-2-4-11(9)13(15-18)12(10)7-8/h1-7,18H,(H,16,17). The second-order valence-electron chi connectivity index (χ2n) is 4.06. The van der Waals surface area contributed by atoms with E-state index in [9.17, 15) is 4.79 Å². The van der Waals surface area contributed by atoms with Crippen molar-refractivity contribution in [2.45, 2.75) is 0 Å². The van der Waals surface area contributed by atoms with Gasteiger partial charge in [-0.25, -0.2) is 4.79 Å². The van der Waals surface area contributed by atoms with Crippen LogP contribution in [0.15, 0.2) is 47.6 Å². The molecule has 2 aromatic carbocycles. The van der Waals surface area contributed by atoms with E-state index >= 15 is 0 Å². The molecule has 0 heterocycles. The predicted molar refractivity (Wildman–Crippen MR) is 66.3 cm³/mol. The Morgan fingerprint density at radius 1 is 0.944 bits per heavy atom. The second kappa shape index (κ2) is 3.70. The van der Waals surface area contributed by atoms with Crippen LogP contribution in [0.2, 0.25) is 0 Å². The van der Waals surface area contributed by atoms with Crippen LogP contribution in [0, 0.1) is 0 Å². The largest absolute Gasteiger partial charge is 0.478 e. The molecule has 1 aliphatic rings. The number of fused-ring (bicyclic) bond motifs is 3. The van der Waals surface area contributed by atoms with Crippen LogP contribution in [0.1, 0.15) is 21.5 Å². The molecule has 3 rings (SSSR count). The average Bonchev–Trinajstić information content (AvgIpc) is 2.71. The number of hydrogen-bond donors (Lipinski definition) is 2. The Bertz CT molecular complexity index is 689. The van der Waals surface area contributed by atoms with Gasteiger partial charge in [0.15, 0.2) is 0 Å². The monoisotopic (exact) mass is 239 g/mol. The molecular formula is C14H9NO3. The molecule has 0 fully saturated rings. The fraction of sp³-hybridized carbons (Fsp3) is 0. The van der Waals surface area contributed by atoms with Crippen LogP contribution in [-0.2, 0) is 0 Å². The molecule has 0 aromatic heterocycles. The number of hydrogen-bond acceptors (Lipinski definition) is 3. The summed E-state index contributed by atoms with van der Waals surface area (Å²) >= 11 is 0. The first-order valence-electron chi connectivity index (χ1n) is 5.42. The van der Waals surface area contributed by atoms with E-state index in [0.29, 0.717) is 11.3 Å². The molecule has 0 atom stereocenters. The molecule has 18 heavy (non-hydrogen) atoms. The molecule has 0 bridgehead atoms. The number of carboxylic acids is 1. The maximum absolute atomic E-state index is 11.0. The highest BCUT2D eigenvalue weighted by atomic mass is 16.4. The Morgan fingerprint density at radius 3 is 2.28 bits per heavy atom. The van der Waals surface area contributed by atoms with Gasteiger partial charge < -0.3 is 10.3 Å². The molecule has 0 aliphatic heterocycles. The number of rotatable bonds is 1. The first kappa shape index (κ1) is 10.5. The topological polar surface area (TPSA) is 69.9 Å². The van der Waals surface area contributed by atoms with Gasteiger partial charge in [0.05, 0.1) is 5.56 Å². The van der Waals surface area contributed by atoms with Gasteiger partial charge >= 0.3 is 5.97 Å². The summed E-state index contributed by atoms with van der Waals surface area (Å²) in [4.78, 5) is 11.0. The third kappa shape index (κ3) is 1.32. The number of benzene rings is 2. The van der Waals surface area contributed by atoms with Gasteiger partial charge in [-0.1, -0.05) is 35.5 Å². The van der Waals surface area contributed by atoms with Crippen LogP contribution in [-0.4, -0.2) is 22.0 Å². The Hall–Kier alpha value is -2.62. The number of aromatic carboxylic acids is 1. The Balaban J connectivity index is 2.31. The normalized spacial score (nSPS) is 14.3. The lowest BCUT2D eigenvalue weighted by molar-refractivity contribution is 0.0697.